The van der Waals surface area contributed by atoms with Crippen LogP contribution in [-0.4, -0.2) is 37.2 Å². The lowest BCUT2D eigenvalue weighted by Gasteiger charge is -2.18. The monoisotopic (exact) mass is 925 g/mol. The standard InChI is InChI=1S/C60H108O6/c1-4-7-10-13-16-19-22-25-27-29-30-32-33-35-38-41-44-47-50-53-59(62)65-56-57(55-64-58(61)52-49-46-43-40-37-24-21-18-15-12-9-6-3)66-60(63)54-51-48-45-42-39-36-34-31-28-26-23-20-17-14-11-8-5-2/h16,18-19,21,25,27,30,32,57H,4-15,17,20,22-24,26,28-29,31,33-56H2,1-3H3/b19-16-,21-18-,27-25-,32-30-/t57-/m1/s1. The minimum absolute atomic E-state index is 0.0791. The highest BCUT2D eigenvalue weighted by molar-refractivity contribution is 5.71. The second-order valence-electron chi connectivity index (χ2n) is 19.2. The molecule has 384 valence electrons. The summed E-state index contributed by atoms with van der Waals surface area (Å²) in [7, 11) is 0. The molecule has 0 saturated carbocycles. The molecule has 0 spiro atoms. The lowest BCUT2D eigenvalue weighted by Crippen LogP contribution is -2.30. The molecule has 0 heterocycles. The summed E-state index contributed by atoms with van der Waals surface area (Å²) in [5.41, 5.74) is 0. The van der Waals surface area contributed by atoms with Crippen LogP contribution in [0.5, 0.6) is 0 Å². The summed E-state index contributed by atoms with van der Waals surface area (Å²) >= 11 is 0. The fraction of sp³-hybridized carbons (Fsp3) is 0.817. The van der Waals surface area contributed by atoms with Crippen LogP contribution in [0, 0.1) is 0 Å². The molecule has 0 aliphatic carbocycles. The average molecular weight is 926 g/mol. The number of carbonyl (C=O) groups is 3. The first-order valence-electron chi connectivity index (χ1n) is 28.6. The Balaban J connectivity index is 4.35. The van der Waals surface area contributed by atoms with Gasteiger partial charge in [0.15, 0.2) is 6.10 Å². The van der Waals surface area contributed by atoms with Crippen molar-refractivity contribution in [1.29, 1.82) is 0 Å². The van der Waals surface area contributed by atoms with Gasteiger partial charge in [-0.25, -0.2) is 0 Å². The van der Waals surface area contributed by atoms with Gasteiger partial charge in [0.1, 0.15) is 13.2 Å². The summed E-state index contributed by atoms with van der Waals surface area (Å²) in [6.45, 7) is 6.60. The molecule has 0 rings (SSSR count). The number of hydrogen-bond acceptors (Lipinski definition) is 6. The number of hydrogen-bond donors (Lipinski definition) is 0. The Morgan fingerprint density at radius 2 is 0.545 bits per heavy atom. The Bertz CT molecular complexity index is 1150. The van der Waals surface area contributed by atoms with Gasteiger partial charge in [0, 0.05) is 19.3 Å². The van der Waals surface area contributed by atoms with Crippen molar-refractivity contribution in [2.45, 2.75) is 303 Å². The van der Waals surface area contributed by atoms with Gasteiger partial charge in [0.25, 0.3) is 0 Å². The number of rotatable bonds is 52. The van der Waals surface area contributed by atoms with Gasteiger partial charge in [-0.15, -0.1) is 0 Å². The average Bonchev–Trinajstić information content (AvgIpc) is 3.31. The predicted molar refractivity (Wildman–Crippen MR) is 284 cm³/mol. The maximum atomic E-state index is 12.8. The molecular formula is C60H108O6. The van der Waals surface area contributed by atoms with Gasteiger partial charge in [-0.3, -0.25) is 14.4 Å². The molecule has 0 amide bonds. The third-order valence-electron chi connectivity index (χ3n) is 12.6. The van der Waals surface area contributed by atoms with E-state index in [4.69, 9.17) is 14.2 Å². The topological polar surface area (TPSA) is 78.9 Å². The summed E-state index contributed by atoms with van der Waals surface area (Å²) in [4.78, 5) is 38.1. The highest BCUT2D eigenvalue weighted by Gasteiger charge is 2.19. The van der Waals surface area contributed by atoms with Crippen molar-refractivity contribution in [3.63, 3.8) is 0 Å². The van der Waals surface area contributed by atoms with Crippen molar-refractivity contribution < 1.29 is 28.6 Å². The highest BCUT2D eigenvalue weighted by atomic mass is 16.6. The maximum Gasteiger partial charge on any atom is 0.306 e. The van der Waals surface area contributed by atoms with E-state index in [1.807, 2.05) is 0 Å². The molecule has 0 aromatic carbocycles. The number of carbonyl (C=O) groups excluding carboxylic acids is 3. The van der Waals surface area contributed by atoms with Crippen LogP contribution >= 0.6 is 0 Å². The molecular weight excluding hydrogens is 817 g/mol. The Labute approximate surface area is 409 Å². The maximum absolute atomic E-state index is 12.8. The molecule has 0 unspecified atom stereocenters. The zero-order valence-corrected chi connectivity index (χ0v) is 44.0. The summed E-state index contributed by atoms with van der Waals surface area (Å²) in [6.07, 6.45) is 66.7. The van der Waals surface area contributed by atoms with Crippen LogP contribution in [0.1, 0.15) is 297 Å². The lowest BCUT2D eigenvalue weighted by molar-refractivity contribution is -0.167. The van der Waals surface area contributed by atoms with Gasteiger partial charge in [-0.05, 0) is 83.5 Å². The third-order valence-corrected chi connectivity index (χ3v) is 12.6. The van der Waals surface area contributed by atoms with Crippen LogP contribution < -0.4 is 0 Å². The van der Waals surface area contributed by atoms with Gasteiger partial charge in [-0.2, -0.15) is 0 Å². The molecule has 0 radical (unpaired) electrons. The molecule has 66 heavy (non-hydrogen) atoms. The van der Waals surface area contributed by atoms with E-state index >= 15 is 0 Å². The number of unbranched alkanes of at least 4 members (excludes halogenated alkanes) is 33. The largest absolute Gasteiger partial charge is 0.462 e. The predicted octanol–water partition coefficient (Wildman–Crippen LogP) is 19.0. The van der Waals surface area contributed by atoms with Crippen LogP contribution in [-0.2, 0) is 28.6 Å². The van der Waals surface area contributed by atoms with Gasteiger partial charge in [0.05, 0.1) is 0 Å². The minimum atomic E-state index is -0.779. The molecule has 0 aliphatic rings. The van der Waals surface area contributed by atoms with Gasteiger partial charge < -0.3 is 14.2 Å². The Morgan fingerprint density at radius 1 is 0.303 bits per heavy atom. The second kappa shape index (κ2) is 55.0. The summed E-state index contributed by atoms with van der Waals surface area (Å²) in [5, 5.41) is 0. The lowest BCUT2D eigenvalue weighted by atomic mass is 10.0. The van der Waals surface area contributed by atoms with Crippen molar-refractivity contribution >= 4 is 17.9 Å². The number of ether oxygens (including phenoxy) is 3. The third kappa shape index (κ3) is 52.3. The highest BCUT2D eigenvalue weighted by Crippen LogP contribution is 2.16. The molecule has 1 atom stereocenters. The van der Waals surface area contributed by atoms with Gasteiger partial charge >= 0.3 is 17.9 Å². The first-order valence-corrected chi connectivity index (χ1v) is 28.6. The van der Waals surface area contributed by atoms with Crippen LogP contribution in [0.15, 0.2) is 48.6 Å². The molecule has 0 N–H and O–H groups in total. The second-order valence-corrected chi connectivity index (χ2v) is 19.2. The number of esters is 3. The van der Waals surface area contributed by atoms with E-state index in [0.717, 1.165) is 83.5 Å². The van der Waals surface area contributed by atoms with Gasteiger partial charge in [0.2, 0.25) is 0 Å². The molecule has 0 aromatic rings. The van der Waals surface area contributed by atoms with Crippen molar-refractivity contribution in [2.24, 2.45) is 0 Å². The SMILES string of the molecule is CCCCC/C=C\C/C=C\C/C=C\CCCCCCCCC(=O)OC[C@@H](COC(=O)CCCCCCC/C=C\CCCCC)OC(=O)CCCCCCCCCCCCCCCCCCC. The minimum Gasteiger partial charge on any atom is -0.462 e. The summed E-state index contributed by atoms with van der Waals surface area (Å²) in [6, 6.07) is 0. The van der Waals surface area contributed by atoms with Crippen molar-refractivity contribution in [3.8, 4) is 0 Å². The molecule has 0 saturated heterocycles. The molecule has 0 bridgehead atoms. The zero-order valence-electron chi connectivity index (χ0n) is 44.0. The van der Waals surface area contributed by atoms with Crippen molar-refractivity contribution in [3.05, 3.63) is 48.6 Å². The zero-order chi connectivity index (χ0) is 47.9. The first-order chi connectivity index (χ1) is 32.5. The first kappa shape index (κ1) is 63.4. The van der Waals surface area contributed by atoms with Crippen molar-refractivity contribution in [1.82, 2.24) is 0 Å². The molecule has 0 aromatic heterocycles. The van der Waals surface area contributed by atoms with E-state index in [-0.39, 0.29) is 31.1 Å². The molecule has 0 aliphatic heterocycles. The van der Waals surface area contributed by atoms with Gasteiger partial charge in [-0.1, -0.05) is 243 Å². The Hall–Kier alpha value is -2.63. The quantitative estimate of drug-likeness (QED) is 0.0262. The fourth-order valence-corrected chi connectivity index (χ4v) is 8.21. The molecule has 0 fully saturated rings. The van der Waals surface area contributed by atoms with Crippen molar-refractivity contribution in [2.75, 3.05) is 13.2 Å². The van der Waals surface area contributed by atoms with Crippen LogP contribution in [0.25, 0.3) is 0 Å². The van der Waals surface area contributed by atoms with E-state index in [1.165, 1.54) is 173 Å². The van der Waals surface area contributed by atoms with E-state index in [9.17, 15) is 14.4 Å². The van der Waals surface area contributed by atoms with E-state index in [0.29, 0.717) is 19.3 Å². The summed E-state index contributed by atoms with van der Waals surface area (Å²) < 4.78 is 16.8. The van der Waals surface area contributed by atoms with E-state index < -0.39 is 6.10 Å². The fourth-order valence-electron chi connectivity index (χ4n) is 8.21. The molecule has 6 nitrogen and oxygen atoms in total. The number of allylic oxidation sites excluding steroid dienone is 8. The van der Waals surface area contributed by atoms with Crippen LogP contribution in [0.2, 0.25) is 0 Å². The Morgan fingerprint density at radius 3 is 0.894 bits per heavy atom. The van der Waals surface area contributed by atoms with E-state index in [1.54, 1.807) is 0 Å². The molecule has 6 heteroatoms. The van der Waals surface area contributed by atoms with Crippen LogP contribution in [0.4, 0.5) is 0 Å². The normalized spacial score (nSPS) is 12.3. The van der Waals surface area contributed by atoms with E-state index in [2.05, 4.69) is 69.4 Å². The van der Waals surface area contributed by atoms with Crippen LogP contribution in [0.3, 0.4) is 0 Å². The Kier molecular flexibility index (Phi) is 52.8. The summed E-state index contributed by atoms with van der Waals surface area (Å²) in [5.74, 6) is -0.886. The smallest absolute Gasteiger partial charge is 0.306 e.